The zero-order valence-electron chi connectivity index (χ0n) is 12.7. The van der Waals surface area contributed by atoms with Crippen molar-refractivity contribution in [3.05, 3.63) is 17.8 Å². The topological polar surface area (TPSA) is 68.0 Å². The molecular formula is C16H25N3O. The fourth-order valence-corrected chi connectivity index (χ4v) is 3.24. The molecule has 1 aromatic rings. The Balaban J connectivity index is 2.14. The van der Waals surface area contributed by atoms with Crippen LogP contribution in [-0.4, -0.2) is 10.9 Å². The molecule has 1 aromatic heterocycles. The maximum absolute atomic E-state index is 12.7. The van der Waals surface area contributed by atoms with Crippen LogP contribution in [0.25, 0.3) is 0 Å². The fraction of sp³-hybridized carbons (Fsp3) is 0.625. The van der Waals surface area contributed by atoms with E-state index in [-0.39, 0.29) is 11.3 Å². The quantitative estimate of drug-likeness (QED) is 0.883. The molecule has 1 heterocycles. The summed E-state index contributed by atoms with van der Waals surface area (Å²) in [5.74, 6) is 1.26. The summed E-state index contributed by atoms with van der Waals surface area (Å²) in [6, 6.07) is 1.84. The molecule has 1 saturated carbocycles. The third-order valence-corrected chi connectivity index (χ3v) is 4.23. The van der Waals surface area contributed by atoms with Gasteiger partial charge in [-0.1, -0.05) is 26.7 Å². The van der Waals surface area contributed by atoms with Crippen molar-refractivity contribution in [1.29, 1.82) is 0 Å². The molecule has 0 saturated heterocycles. The number of rotatable bonds is 4. The second kappa shape index (κ2) is 5.81. The van der Waals surface area contributed by atoms with Crippen molar-refractivity contribution in [1.82, 2.24) is 4.98 Å². The Kier molecular flexibility index (Phi) is 4.31. The Hall–Kier alpha value is -1.58. The average molecular weight is 275 g/mol. The molecule has 1 aliphatic rings. The van der Waals surface area contributed by atoms with Crippen molar-refractivity contribution in [3.63, 3.8) is 0 Å². The highest BCUT2D eigenvalue weighted by Gasteiger charge is 2.41. The number of nitrogens with one attached hydrogen (secondary N) is 1. The highest BCUT2D eigenvalue weighted by atomic mass is 16.2. The third-order valence-electron chi connectivity index (χ3n) is 4.23. The first kappa shape index (κ1) is 14.8. The summed E-state index contributed by atoms with van der Waals surface area (Å²) in [5.41, 5.74) is 7.15. The highest BCUT2D eigenvalue weighted by Crippen LogP contribution is 2.44. The lowest BCUT2D eigenvalue weighted by atomic mass is 9.77. The van der Waals surface area contributed by atoms with Crippen LogP contribution >= 0.6 is 0 Å². The molecule has 0 unspecified atom stereocenters. The Morgan fingerprint density at radius 2 is 2.10 bits per heavy atom. The normalized spacial score (nSPS) is 17.4. The minimum Gasteiger partial charge on any atom is -0.397 e. The number of amides is 1. The first-order chi connectivity index (χ1) is 9.43. The summed E-state index contributed by atoms with van der Waals surface area (Å²) in [4.78, 5) is 16.9. The predicted molar refractivity (Wildman–Crippen MR) is 82.4 cm³/mol. The predicted octanol–water partition coefficient (Wildman–Crippen LogP) is 3.52. The zero-order valence-corrected chi connectivity index (χ0v) is 12.7. The van der Waals surface area contributed by atoms with Crippen molar-refractivity contribution in [2.75, 3.05) is 11.1 Å². The Labute approximate surface area is 121 Å². The number of anilines is 2. The molecule has 2 rings (SSSR count). The highest BCUT2D eigenvalue weighted by molar-refractivity contribution is 5.95. The number of hydrogen-bond acceptors (Lipinski definition) is 3. The molecule has 1 aliphatic carbocycles. The fourth-order valence-electron chi connectivity index (χ4n) is 3.24. The third kappa shape index (κ3) is 3.11. The molecular weight excluding hydrogens is 250 g/mol. The number of hydrogen-bond donors (Lipinski definition) is 2. The first-order valence-corrected chi connectivity index (χ1v) is 7.46. The molecule has 0 aliphatic heterocycles. The van der Waals surface area contributed by atoms with Crippen LogP contribution in [0.1, 0.15) is 51.5 Å². The van der Waals surface area contributed by atoms with Crippen LogP contribution in [0.15, 0.2) is 12.3 Å². The van der Waals surface area contributed by atoms with Crippen molar-refractivity contribution >= 4 is 17.4 Å². The van der Waals surface area contributed by atoms with E-state index in [0.29, 0.717) is 17.4 Å². The van der Waals surface area contributed by atoms with Crippen LogP contribution in [0.5, 0.6) is 0 Å². The van der Waals surface area contributed by atoms with Crippen molar-refractivity contribution < 1.29 is 4.79 Å². The first-order valence-electron chi connectivity index (χ1n) is 7.46. The van der Waals surface area contributed by atoms with Crippen LogP contribution < -0.4 is 11.1 Å². The number of nitrogens with two attached hydrogens (primary N) is 1. The van der Waals surface area contributed by atoms with E-state index in [1.807, 2.05) is 13.0 Å². The van der Waals surface area contributed by atoms with E-state index in [1.165, 1.54) is 0 Å². The molecule has 4 heteroatoms. The number of nitrogens with zero attached hydrogens (tertiary/aromatic N) is 1. The number of aryl methyl sites for hydroxylation is 1. The molecule has 0 radical (unpaired) electrons. The Morgan fingerprint density at radius 3 is 2.65 bits per heavy atom. The molecule has 0 spiro atoms. The van der Waals surface area contributed by atoms with Crippen LogP contribution in [0.2, 0.25) is 0 Å². The second-order valence-electron chi connectivity index (χ2n) is 6.47. The maximum atomic E-state index is 12.7. The van der Waals surface area contributed by atoms with Gasteiger partial charge in [0.25, 0.3) is 0 Å². The number of nitrogen functional groups attached to an aromatic ring is 1. The maximum Gasteiger partial charge on any atom is 0.231 e. The van der Waals surface area contributed by atoms with Crippen molar-refractivity contribution in [2.24, 2.45) is 11.3 Å². The largest absolute Gasteiger partial charge is 0.397 e. The van der Waals surface area contributed by atoms with E-state index in [4.69, 9.17) is 5.73 Å². The van der Waals surface area contributed by atoms with Crippen LogP contribution in [0, 0.1) is 18.3 Å². The van der Waals surface area contributed by atoms with Gasteiger partial charge in [0.2, 0.25) is 5.91 Å². The summed E-state index contributed by atoms with van der Waals surface area (Å²) in [6.07, 6.45) is 6.83. The summed E-state index contributed by atoms with van der Waals surface area (Å²) >= 11 is 0. The van der Waals surface area contributed by atoms with Gasteiger partial charge in [-0.05, 0) is 43.7 Å². The lowest BCUT2D eigenvalue weighted by Gasteiger charge is -2.29. The molecule has 20 heavy (non-hydrogen) atoms. The minimum absolute atomic E-state index is 0.125. The summed E-state index contributed by atoms with van der Waals surface area (Å²) in [7, 11) is 0. The van der Waals surface area contributed by atoms with E-state index >= 15 is 0 Å². The molecule has 1 amide bonds. The number of pyridine rings is 1. The number of aromatic nitrogens is 1. The SMILES string of the molecule is Cc1cc(NC(=O)C2(CC(C)C)CCCC2)ncc1N. The smallest absolute Gasteiger partial charge is 0.231 e. The van der Waals surface area contributed by atoms with Gasteiger partial charge in [-0.2, -0.15) is 0 Å². The van der Waals surface area contributed by atoms with Crippen molar-refractivity contribution in [2.45, 2.75) is 52.9 Å². The molecule has 1 fully saturated rings. The van der Waals surface area contributed by atoms with E-state index in [1.54, 1.807) is 6.20 Å². The van der Waals surface area contributed by atoms with Gasteiger partial charge in [0.05, 0.1) is 11.9 Å². The molecule has 3 N–H and O–H groups in total. The molecule has 0 bridgehead atoms. The van der Waals surface area contributed by atoms with Gasteiger partial charge in [-0.3, -0.25) is 4.79 Å². The number of carbonyl (C=O) groups is 1. The Bertz CT molecular complexity index is 490. The average Bonchev–Trinajstić information content (AvgIpc) is 2.83. The van der Waals surface area contributed by atoms with Crippen LogP contribution in [0.3, 0.4) is 0 Å². The second-order valence-corrected chi connectivity index (χ2v) is 6.47. The van der Waals surface area contributed by atoms with Gasteiger partial charge < -0.3 is 11.1 Å². The summed E-state index contributed by atoms with van der Waals surface area (Å²) < 4.78 is 0. The standard InChI is InChI=1S/C16H25N3O/c1-11(2)9-16(6-4-5-7-16)15(20)19-14-8-12(3)13(17)10-18-14/h8,10-11H,4-7,9,17H2,1-3H3,(H,18,19,20). The van der Waals surface area contributed by atoms with E-state index in [9.17, 15) is 4.79 Å². The van der Waals surface area contributed by atoms with Crippen molar-refractivity contribution in [3.8, 4) is 0 Å². The van der Waals surface area contributed by atoms with Gasteiger partial charge in [-0.15, -0.1) is 0 Å². The van der Waals surface area contributed by atoms with E-state index in [0.717, 1.165) is 37.7 Å². The number of carbonyl (C=O) groups excluding carboxylic acids is 1. The monoisotopic (exact) mass is 275 g/mol. The van der Waals surface area contributed by atoms with Gasteiger partial charge in [0.15, 0.2) is 0 Å². The van der Waals surface area contributed by atoms with E-state index in [2.05, 4.69) is 24.1 Å². The van der Waals surface area contributed by atoms with Crippen LogP contribution in [0.4, 0.5) is 11.5 Å². The van der Waals surface area contributed by atoms with Gasteiger partial charge >= 0.3 is 0 Å². The van der Waals surface area contributed by atoms with Gasteiger partial charge in [0.1, 0.15) is 5.82 Å². The van der Waals surface area contributed by atoms with E-state index < -0.39 is 0 Å². The lowest BCUT2D eigenvalue weighted by molar-refractivity contribution is -0.126. The lowest BCUT2D eigenvalue weighted by Crippen LogP contribution is -2.35. The summed E-state index contributed by atoms with van der Waals surface area (Å²) in [5, 5.41) is 2.99. The zero-order chi connectivity index (χ0) is 14.8. The van der Waals surface area contributed by atoms with Crippen LogP contribution in [-0.2, 0) is 4.79 Å². The minimum atomic E-state index is -0.203. The molecule has 0 atom stereocenters. The van der Waals surface area contributed by atoms with Gasteiger partial charge in [0, 0.05) is 5.41 Å². The van der Waals surface area contributed by atoms with Gasteiger partial charge in [-0.25, -0.2) is 4.98 Å². The molecule has 110 valence electrons. The Morgan fingerprint density at radius 1 is 1.45 bits per heavy atom. The molecule has 4 nitrogen and oxygen atoms in total. The molecule has 0 aromatic carbocycles. The summed E-state index contributed by atoms with van der Waals surface area (Å²) in [6.45, 7) is 6.28.